The molecule has 3 rings (SSSR count). The van der Waals surface area contributed by atoms with Gasteiger partial charge in [-0.25, -0.2) is 0 Å². The smallest absolute Gasteiger partial charge is 0.253 e. The topological polar surface area (TPSA) is 61.8 Å². The zero-order chi connectivity index (χ0) is 21.5. The van der Waals surface area contributed by atoms with Crippen molar-refractivity contribution in [2.45, 2.75) is 46.3 Å². The van der Waals surface area contributed by atoms with E-state index in [2.05, 4.69) is 42.0 Å². The Morgan fingerprint density at radius 2 is 2.13 bits per heavy atom. The Morgan fingerprint density at radius 1 is 1.33 bits per heavy atom. The molecule has 1 aromatic carbocycles. The highest BCUT2D eigenvalue weighted by Gasteiger charge is 2.19. The summed E-state index contributed by atoms with van der Waals surface area (Å²) in [5, 5.41) is 5.13. The standard InChI is InChI=1S/C23H34N4O2S/c1-4-26(5-2)10-11-27(23(30)24-15-20-7-6-12-29-20)16-19-14-18-13-17(3)8-9-21(18)25-22(19)28/h8-9,13-14,20H,4-7,10-12,15-16H2,1-3H3,(H,24,30)(H,25,28)/p+1/t20-/m1/s1. The number of pyridine rings is 1. The first-order valence-corrected chi connectivity index (χ1v) is 11.5. The third-order valence-corrected chi connectivity index (χ3v) is 6.37. The van der Waals surface area contributed by atoms with Crippen LogP contribution in [0, 0.1) is 6.92 Å². The number of benzene rings is 1. The van der Waals surface area contributed by atoms with E-state index in [9.17, 15) is 4.79 Å². The van der Waals surface area contributed by atoms with Crippen molar-refractivity contribution in [1.29, 1.82) is 0 Å². The Bertz CT molecular complexity index is 904. The molecule has 1 aromatic heterocycles. The molecule has 1 saturated heterocycles. The van der Waals surface area contributed by atoms with Crippen molar-refractivity contribution in [2.24, 2.45) is 0 Å². The summed E-state index contributed by atoms with van der Waals surface area (Å²) in [6, 6.07) is 8.08. The third kappa shape index (κ3) is 6.03. The van der Waals surface area contributed by atoms with E-state index < -0.39 is 0 Å². The lowest BCUT2D eigenvalue weighted by Gasteiger charge is -2.28. The molecule has 2 heterocycles. The van der Waals surface area contributed by atoms with Crippen molar-refractivity contribution in [3.05, 3.63) is 45.7 Å². The van der Waals surface area contributed by atoms with Crippen molar-refractivity contribution in [3.8, 4) is 0 Å². The Hall–Kier alpha value is -1.96. The highest BCUT2D eigenvalue weighted by atomic mass is 32.1. The van der Waals surface area contributed by atoms with Crippen LogP contribution in [0.1, 0.15) is 37.8 Å². The fraction of sp³-hybridized carbons (Fsp3) is 0.565. The molecule has 0 unspecified atom stereocenters. The van der Waals surface area contributed by atoms with Crippen molar-refractivity contribution in [1.82, 2.24) is 15.2 Å². The molecule has 164 valence electrons. The number of fused-ring (bicyclic) bond motifs is 1. The highest BCUT2D eigenvalue weighted by Crippen LogP contribution is 2.14. The number of aromatic amines is 1. The van der Waals surface area contributed by atoms with Gasteiger partial charge in [-0.15, -0.1) is 0 Å². The fourth-order valence-electron chi connectivity index (χ4n) is 3.96. The van der Waals surface area contributed by atoms with Gasteiger partial charge in [-0.05, 0) is 69.4 Å². The molecule has 0 radical (unpaired) electrons. The summed E-state index contributed by atoms with van der Waals surface area (Å²) < 4.78 is 5.71. The molecule has 0 bridgehead atoms. The average molecular weight is 432 g/mol. The lowest BCUT2D eigenvalue weighted by atomic mass is 10.1. The van der Waals surface area contributed by atoms with Crippen LogP contribution in [0.3, 0.4) is 0 Å². The summed E-state index contributed by atoms with van der Waals surface area (Å²) in [4.78, 5) is 19.4. The first-order chi connectivity index (χ1) is 14.5. The molecule has 1 fully saturated rings. The quantitative estimate of drug-likeness (QED) is 0.527. The number of ether oxygens (including phenoxy) is 1. The fourth-order valence-corrected chi connectivity index (χ4v) is 4.20. The molecule has 3 N–H and O–H groups in total. The first kappa shape index (κ1) is 22.7. The largest absolute Gasteiger partial charge is 0.376 e. The zero-order valence-electron chi connectivity index (χ0n) is 18.4. The minimum absolute atomic E-state index is 0.0477. The van der Waals surface area contributed by atoms with Gasteiger partial charge < -0.3 is 24.8 Å². The van der Waals surface area contributed by atoms with Gasteiger partial charge in [0.1, 0.15) is 0 Å². The summed E-state index contributed by atoms with van der Waals surface area (Å²) in [5.41, 5.74) is 2.74. The summed E-state index contributed by atoms with van der Waals surface area (Å²) in [7, 11) is 0. The van der Waals surface area contributed by atoms with Crippen LogP contribution in [0.15, 0.2) is 29.1 Å². The normalized spacial score (nSPS) is 16.3. The number of hydrogen-bond donors (Lipinski definition) is 3. The molecule has 1 aliphatic rings. The van der Waals surface area contributed by atoms with E-state index in [1.54, 1.807) is 0 Å². The molecule has 2 aromatic rings. The predicted octanol–water partition coefficient (Wildman–Crippen LogP) is 1.62. The molecule has 0 amide bonds. The minimum Gasteiger partial charge on any atom is -0.376 e. The van der Waals surface area contributed by atoms with Crippen LogP contribution in [0.4, 0.5) is 0 Å². The van der Waals surface area contributed by atoms with E-state index >= 15 is 0 Å². The van der Waals surface area contributed by atoms with E-state index in [-0.39, 0.29) is 11.7 Å². The van der Waals surface area contributed by atoms with Gasteiger partial charge in [0.25, 0.3) is 5.56 Å². The van der Waals surface area contributed by atoms with E-state index in [1.165, 1.54) is 10.5 Å². The van der Waals surface area contributed by atoms with E-state index in [4.69, 9.17) is 17.0 Å². The number of aryl methyl sites for hydroxylation is 1. The van der Waals surface area contributed by atoms with Gasteiger partial charge in [-0.3, -0.25) is 4.79 Å². The van der Waals surface area contributed by atoms with E-state index in [0.717, 1.165) is 68.6 Å². The molecule has 0 saturated carbocycles. The Kier molecular flexibility index (Phi) is 8.24. The van der Waals surface area contributed by atoms with Crippen LogP contribution in [0.5, 0.6) is 0 Å². The lowest BCUT2D eigenvalue weighted by Crippen LogP contribution is -3.12. The molecule has 0 spiro atoms. The van der Waals surface area contributed by atoms with Crippen molar-refractivity contribution in [3.63, 3.8) is 0 Å². The number of hydrogen-bond acceptors (Lipinski definition) is 3. The second kappa shape index (κ2) is 10.9. The zero-order valence-corrected chi connectivity index (χ0v) is 19.2. The second-order valence-corrected chi connectivity index (χ2v) is 8.55. The number of aromatic nitrogens is 1. The van der Waals surface area contributed by atoms with Gasteiger partial charge in [-0.1, -0.05) is 11.6 Å². The van der Waals surface area contributed by atoms with E-state index in [1.807, 2.05) is 18.2 Å². The van der Waals surface area contributed by atoms with Gasteiger partial charge >= 0.3 is 0 Å². The van der Waals surface area contributed by atoms with Crippen LogP contribution in [0.25, 0.3) is 10.9 Å². The maximum atomic E-state index is 12.7. The van der Waals surface area contributed by atoms with Gasteiger partial charge in [0.2, 0.25) is 0 Å². The van der Waals surface area contributed by atoms with Crippen molar-refractivity contribution >= 4 is 28.2 Å². The maximum absolute atomic E-state index is 12.7. The summed E-state index contributed by atoms with van der Waals surface area (Å²) in [5.74, 6) is 0. The molecular weight excluding hydrogens is 396 g/mol. The SMILES string of the molecule is CC[NH+](CC)CCN(Cc1cc2cc(C)ccc2[nH]c1=O)C(=S)NC[C@H]1CCCO1. The number of nitrogens with zero attached hydrogens (tertiary/aromatic N) is 1. The Labute approximate surface area is 184 Å². The molecule has 1 atom stereocenters. The molecule has 30 heavy (non-hydrogen) atoms. The van der Waals surface area contributed by atoms with Crippen LogP contribution < -0.4 is 15.8 Å². The molecule has 6 nitrogen and oxygen atoms in total. The van der Waals surface area contributed by atoms with Crippen LogP contribution >= 0.6 is 12.2 Å². The molecular formula is C23H35N4O2S+. The van der Waals surface area contributed by atoms with Gasteiger partial charge in [0.05, 0.1) is 38.8 Å². The predicted molar refractivity (Wildman–Crippen MR) is 126 cm³/mol. The monoisotopic (exact) mass is 431 g/mol. The molecule has 0 aliphatic carbocycles. The number of rotatable bonds is 9. The number of nitrogens with one attached hydrogen (secondary N) is 3. The van der Waals surface area contributed by atoms with Crippen LogP contribution in [0.2, 0.25) is 0 Å². The summed E-state index contributed by atoms with van der Waals surface area (Å²) in [6.07, 6.45) is 2.41. The molecule has 1 aliphatic heterocycles. The Balaban J connectivity index is 1.76. The minimum atomic E-state index is -0.0477. The van der Waals surface area contributed by atoms with Crippen LogP contribution in [-0.2, 0) is 11.3 Å². The average Bonchev–Trinajstić information content (AvgIpc) is 3.26. The number of thiocarbonyl (C=S) groups is 1. The summed E-state index contributed by atoms with van der Waals surface area (Å²) in [6.45, 7) is 12.5. The van der Waals surface area contributed by atoms with Gasteiger partial charge in [0, 0.05) is 24.2 Å². The third-order valence-electron chi connectivity index (χ3n) is 5.97. The maximum Gasteiger partial charge on any atom is 0.253 e. The van der Waals surface area contributed by atoms with Crippen molar-refractivity contribution in [2.75, 3.05) is 39.3 Å². The van der Waals surface area contributed by atoms with Crippen LogP contribution in [-0.4, -0.2) is 60.4 Å². The highest BCUT2D eigenvalue weighted by molar-refractivity contribution is 7.80. The number of quaternary nitrogens is 1. The first-order valence-electron chi connectivity index (χ1n) is 11.1. The van der Waals surface area contributed by atoms with E-state index in [0.29, 0.717) is 11.7 Å². The lowest BCUT2D eigenvalue weighted by molar-refractivity contribution is -0.895. The second-order valence-electron chi connectivity index (χ2n) is 8.16. The van der Waals surface area contributed by atoms with Crippen molar-refractivity contribution < 1.29 is 9.64 Å². The van der Waals surface area contributed by atoms with Gasteiger partial charge in [-0.2, -0.15) is 0 Å². The summed E-state index contributed by atoms with van der Waals surface area (Å²) >= 11 is 5.73. The van der Waals surface area contributed by atoms with Gasteiger partial charge in [0.15, 0.2) is 5.11 Å². The number of likely N-dealkylation sites (N-methyl/N-ethyl adjacent to an activating group) is 1. The molecule has 7 heteroatoms. The Morgan fingerprint density at radius 3 is 2.83 bits per heavy atom. The number of H-pyrrole nitrogens is 1.